The molecule has 106 heavy (non-hydrogen) atoms. The normalized spacial score (nSPS) is 14.7. The zero-order valence-corrected chi connectivity index (χ0v) is 67.6. The van der Waals surface area contributed by atoms with Gasteiger partial charge in [0.1, 0.15) is 19.3 Å². The van der Waals surface area contributed by atoms with Crippen LogP contribution in [0.3, 0.4) is 0 Å². The van der Waals surface area contributed by atoms with Crippen LogP contribution in [-0.2, 0) is 65.4 Å². The summed E-state index contributed by atoms with van der Waals surface area (Å²) in [5.41, 5.74) is 0. The lowest BCUT2D eigenvalue weighted by Gasteiger charge is -2.21. The Labute approximate surface area is 642 Å². The first-order chi connectivity index (χ1) is 51.7. The van der Waals surface area contributed by atoms with Gasteiger partial charge in [-0.3, -0.25) is 37.3 Å². The first-order valence-electron chi connectivity index (χ1n) is 40.4. The maximum atomic E-state index is 13.1. The number of aliphatic hydroxyl groups excluding tert-OH is 1. The fraction of sp³-hybridized carbons (Fsp3) is 0.632. The predicted molar refractivity (Wildman–Crippen MR) is 436 cm³/mol. The lowest BCUT2D eigenvalue weighted by molar-refractivity contribution is -0.161. The van der Waals surface area contributed by atoms with E-state index in [0.29, 0.717) is 38.5 Å². The standard InChI is InChI=1S/C87H142O17P2/c1-5-9-13-17-21-25-29-33-36-38-40-42-45-49-53-57-61-65-69-73-86(91)103-82(77-97-84(89)71-67-63-59-55-51-47-32-28-24-20-16-12-8-4)79-101-105(93,94)99-75-81(88)76-100-106(95,96)102-80-83(78-98-85(90)72-68-64-60-56-52-48-44-35-31-27-23-19-15-11-7-3)104-87(92)74-70-66-62-58-54-50-46-43-41-39-37-34-30-26-22-18-14-10-6-2/h9-10,13-14,21-23,25-27,33-37,40-44,49-50,53-54,61-62,65-66,81-83,88H,5-8,11-12,15-20,24,28-32,38-39,45-48,51-52,55-60,63-64,67-80H2,1-4H3,(H,93,94)(H,95,96)/b13-9-,14-10-,25-21-,26-22-,27-23-,36-33-,37-34-,42-40-,43-41-,44-35-,53-49-,54-50-,65-61-,66-62-/t81-,82+,83+/m0/s1. The van der Waals surface area contributed by atoms with Crippen LogP contribution in [0.5, 0.6) is 0 Å². The molecule has 3 N–H and O–H groups in total. The molecule has 2 unspecified atom stereocenters. The van der Waals surface area contributed by atoms with Crippen molar-refractivity contribution < 1.29 is 80.2 Å². The van der Waals surface area contributed by atoms with Gasteiger partial charge in [0, 0.05) is 25.7 Å². The zero-order chi connectivity index (χ0) is 77.4. The van der Waals surface area contributed by atoms with Gasteiger partial charge in [0.05, 0.1) is 26.4 Å². The van der Waals surface area contributed by atoms with E-state index in [4.69, 9.17) is 37.0 Å². The molecule has 0 aromatic rings. The highest BCUT2D eigenvalue weighted by Gasteiger charge is 2.30. The molecule has 0 rings (SSSR count). The number of hydrogen-bond acceptors (Lipinski definition) is 15. The van der Waals surface area contributed by atoms with Gasteiger partial charge in [-0.1, -0.05) is 307 Å². The second-order valence-electron chi connectivity index (χ2n) is 26.2. The Balaban J connectivity index is 5.52. The molecule has 19 heteroatoms. The third kappa shape index (κ3) is 76.6. The van der Waals surface area contributed by atoms with Crippen molar-refractivity contribution in [3.63, 3.8) is 0 Å². The average molecular weight is 1520 g/mol. The molecule has 0 bridgehead atoms. The summed E-state index contributed by atoms with van der Waals surface area (Å²) in [7, 11) is -10.0. The molecule has 0 heterocycles. The zero-order valence-electron chi connectivity index (χ0n) is 65.8. The van der Waals surface area contributed by atoms with E-state index in [2.05, 4.69) is 161 Å². The maximum absolute atomic E-state index is 13.1. The van der Waals surface area contributed by atoms with Crippen molar-refractivity contribution in [3.05, 3.63) is 170 Å². The minimum Gasteiger partial charge on any atom is -0.462 e. The number of unbranched alkanes of at least 4 members (excludes halogenated alkanes) is 20. The second kappa shape index (κ2) is 77.6. The molecule has 5 atom stereocenters. The number of aliphatic hydroxyl groups is 1. The van der Waals surface area contributed by atoms with E-state index >= 15 is 0 Å². The fourth-order valence-corrected chi connectivity index (χ4v) is 11.7. The number of phosphoric acid groups is 2. The van der Waals surface area contributed by atoms with Crippen LogP contribution in [0.4, 0.5) is 0 Å². The first-order valence-corrected chi connectivity index (χ1v) is 43.4. The van der Waals surface area contributed by atoms with E-state index < -0.39 is 97.5 Å². The number of rotatable bonds is 74. The number of esters is 4. The second-order valence-corrected chi connectivity index (χ2v) is 29.2. The van der Waals surface area contributed by atoms with Gasteiger partial charge in [-0.25, -0.2) is 9.13 Å². The lowest BCUT2D eigenvalue weighted by Crippen LogP contribution is -2.30. The van der Waals surface area contributed by atoms with E-state index in [1.807, 2.05) is 36.5 Å². The predicted octanol–water partition coefficient (Wildman–Crippen LogP) is 23.8. The number of phosphoric ester groups is 2. The lowest BCUT2D eigenvalue weighted by atomic mass is 10.0. The van der Waals surface area contributed by atoms with Crippen LogP contribution in [0.25, 0.3) is 0 Å². The minimum atomic E-state index is -5.01. The number of allylic oxidation sites excluding steroid dienone is 28. The van der Waals surface area contributed by atoms with E-state index in [0.717, 1.165) is 135 Å². The minimum absolute atomic E-state index is 0.0361. The van der Waals surface area contributed by atoms with Crippen LogP contribution < -0.4 is 0 Å². The van der Waals surface area contributed by atoms with Crippen molar-refractivity contribution in [3.8, 4) is 0 Å². The highest BCUT2D eigenvalue weighted by atomic mass is 31.2. The van der Waals surface area contributed by atoms with Gasteiger partial charge in [0.2, 0.25) is 0 Å². The smallest absolute Gasteiger partial charge is 0.462 e. The summed E-state index contributed by atoms with van der Waals surface area (Å²) < 4.78 is 68.4. The third-order valence-corrected chi connectivity index (χ3v) is 18.1. The summed E-state index contributed by atoms with van der Waals surface area (Å²) in [6, 6.07) is 0. The number of carbonyl (C=O) groups excluding carboxylic acids is 4. The van der Waals surface area contributed by atoms with Crippen LogP contribution in [-0.4, -0.2) is 96.7 Å². The Morgan fingerprint density at radius 3 is 0.811 bits per heavy atom. The van der Waals surface area contributed by atoms with E-state index in [1.165, 1.54) is 70.6 Å². The Bertz CT molecular complexity index is 2680. The molecule has 17 nitrogen and oxygen atoms in total. The van der Waals surface area contributed by atoms with Gasteiger partial charge in [0.25, 0.3) is 0 Å². The molecule has 0 spiro atoms. The van der Waals surface area contributed by atoms with Crippen LogP contribution in [0.2, 0.25) is 0 Å². The first kappa shape index (κ1) is 100. The topological polar surface area (TPSA) is 237 Å². The summed E-state index contributed by atoms with van der Waals surface area (Å²) in [6.45, 7) is 4.43. The van der Waals surface area contributed by atoms with Gasteiger partial charge in [-0.05, 0) is 135 Å². The largest absolute Gasteiger partial charge is 0.472 e. The van der Waals surface area contributed by atoms with Crippen molar-refractivity contribution >= 4 is 39.5 Å². The molecular weight excluding hydrogens is 1380 g/mol. The molecule has 602 valence electrons. The SMILES string of the molecule is CC/C=C\C/C=C\C/C=C\C/C=C\C/C=C\C/C=C\CCC(=O)O[C@H](COC(=O)CCCCCCC/C=C\C/C=C\CCCCC)COP(=O)(O)OC[C@@H](O)COP(=O)(O)OC[C@@H](COC(=O)CCCCCCCCCCCCCCC)OC(=O)CC/C=C\C/C=C\C/C=C\C/C=C\C/C=C\C/C=C\CC. The van der Waals surface area contributed by atoms with Gasteiger partial charge in [-0.15, -0.1) is 0 Å². The number of hydrogen-bond donors (Lipinski definition) is 3. The Morgan fingerprint density at radius 1 is 0.274 bits per heavy atom. The van der Waals surface area contributed by atoms with Crippen molar-refractivity contribution in [2.24, 2.45) is 0 Å². The van der Waals surface area contributed by atoms with E-state index in [-0.39, 0.29) is 25.7 Å². The third-order valence-electron chi connectivity index (χ3n) is 16.2. The molecule has 0 fully saturated rings. The Hall–Kier alpha value is -5.58. The number of ether oxygens (including phenoxy) is 4. The van der Waals surface area contributed by atoms with Crippen molar-refractivity contribution in [2.75, 3.05) is 39.6 Å². The van der Waals surface area contributed by atoms with Crippen LogP contribution in [0, 0.1) is 0 Å². The van der Waals surface area contributed by atoms with Gasteiger partial charge in [0.15, 0.2) is 12.2 Å². The molecule has 0 amide bonds. The molecule has 0 radical (unpaired) electrons. The molecular formula is C87H142O17P2. The van der Waals surface area contributed by atoms with Crippen molar-refractivity contribution in [1.82, 2.24) is 0 Å². The highest BCUT2D eigenvalue weighted by molar-refractivity contribution is 7.47. The van der Waals surface area contributed by atoms with Gasteiger partial charge >= 0.3 is 39.5 Å². The van der Waals surface area contributed by atoms with Crippen LogP contribution in [0.15, 0.2) is 170 Å². The van der Waals surface area contributed by atoms with Crippen LogP contribution >= 0.6 is 15.6 Å². The van der Waals surface area contributed by atoms with Gasteiger partial charge < -0.3 is 33.8 Å². The average Bonchev–Trinajstić information content (AvgIpc) is 1.23. The molecule has 0 aliphatic carbocycles. The van der Waals surface area contributed by atoms with Gasteiger partial charge in [-0.2, -0.15) is 0 Å². The van der Waals surface area contributed by atoms with Crippen molar-refractivity contribution in [1.29, 1.82) is 0 Å². The van der Waals surface area contributed by atoms with Crippen molar-refractivity contribution in [2.45, 2.75) is 316 Å². The summed E-state index contributed by atoms with van der Waals surface area (Å²) in [6.07, 6.45) is 92.2. The maximum Gasteiger partial charge on any atom is 0.472 e. The summed E-state index contributed by atoms with van der Waals surface area (Å²) in [5, 5.41) is 10.6. The molecule has 0 aromatic carbocycles. The summed E-state index contributed by atoms with van der Waals surface area (Å²) in [4.78, 5) is 73.0. The Kier molecular flexibility index (Phi) is 73.5. The Morgan fingerprint density at radius 2 is 0.509 bits per heavy atom. The molecule has 0 aliphatic heterocycles. The molecule has 0 aromatic heterocycles. The summed E-state index contributed by atoms with van der Waals surface area (Å²) >= 11 is 0. The highest BCUT2D eigenvalue weighted by Crippen LogP contribution is 2.45. The molecule has 0 saturated heterocycles. The molecule has 0 aliphatic rings. The monoisotopic (exact) mass is 1520 g/mol. The quantitative estimate of drug-likeness (QED) is 0.0169. The molecule has 0 saturated carbocycles. The number of carbonyl (C=O) groups is 4. The fourth-order valence-electron chi connectivity index (χ4n) is 10.1. The van der Waals surface area contributed by atoms with E-state index in [9.17, 15) is 43.2 Å². The summed E-state index contributed by atoms with van der Waals surface area (Å²) in [5.74, 6) is -2.39. The van der Waals surface area contributed by atoms with E-state index in [1.54, 1.807) is 0 Å². The van der Waals surface area contributed by atoms with Crippen LogP contribution in [0.1, 0.15) is 297 Å².